The highest BCUT2D eigenvalue weighted by Gasteiger charge is 2.32. The summed E-state index contributed by atoms with van der Waals surface area (Å²) in [5, 5.41) is 11.0. The Morgan fingerprint density at radius 1 is 0.964 bits per heavy atom. The topological polar surface area (TPSA) is 48.1 Å². The molecule has 0 bridgehead atoms. The van der Waals surface area contributed by atoms with Gasteiger partial charge in [0.05, 0.1) is 54.1 Å². The van der Waals surface area contributed by atoms with Crippen LogP contribution in [0.15, 0.2) is 30.7 Å². The van der Waals surface area contributed by atoms with Crippen LogP contribution in [0.2, 0.25) is 5.02 Å². The van der Waals surface area contributed by atoms with E-state index in [1.165, 1.54) is 25.7 Å². The number of anilines is 1. The lowest BCUT2D eigenvalue weighted by Gasteiger charge is -2.40. The van der Waals surface area contributed by atoms with Crippen LogP contribution in [-0.4, -0.2) is 45.9 Å². The van der Waals surface area contributed by atoms with Gasteiger partial charge in [0.15, 0.2) is 0 Å². The number of piperidine rings is 1. The molecule has 2 aliphatic heterocycles. The Labute approximate surface area is 169 Å². The monoisotopic (exact) mass is 397 g/mol. The Balaban J connectivity index is 1.30. The van der Waals surface area contributed by atoms with E-state index in [1.54, 1.807) is 0 Å². The summed E-state index contributed by atoms with van der Waals surface area (Å²) < 4.78 is 9.43. The summed E-state index contributed by atoms with van der Waals surface area (Å²) in [5.41, 5.74) is 3.22. The second-order valence-corrected chi connectivity index (χ2v) is 8.86. The van der Waals surface area contributed by atoms with Gasteiger partial charge in [-0.25, -0.2) is 4.68 Å². The molecule has 146 valence electrons. The molecule has 6 nitrogen and oxygen atoms in total. The highest BCUT2D eigenvalue weighted by atomic mass is 35.5. The number of fused-ring (bicyclic) bond motifs is 1. The average molecular weight is 398 g/mol. The summed E-state index contributed by atoms with van der Waals surface area (Å²) in [6.07, 6.45) is 10.8. The molecule has 2 aromatic heterocycles. The average Bonchev–Trinajstić information content (AvgIpc) is 3.26. The Hall–Kier alpha value is -2.05. The summed E-state index contributed by atoms with van der Waals surface area (Å²) in [6.45, 7) is 4.01. The highest BCUT2D eigenvalue weighted by molar-refractivity contribution is 6.34. The van der Waals surface area contributed by atoms with Gasteiger partial charge in [0.1, 0.15) is 5.69 Å². The molecule has 0 N–H and O–H groups in total. The van der Waals surface area contributed by atoms with Crippen LogP contribution in [0.4, 0.5) is 5.69 Å². The van der Waals surface area contributed by atoms with E-state index in [2.05, 4.69) is 32.0 Å². The van der Waals surface area contributed by atoms with Crippen molar-refractivity contribution in [2.45, 2.75) is 31.7 Å². The standard InChI is InChI=1S/C21H24ClN5O/c22-19-7-15-9-24-27(18-10-23-26(11-18)17-1-2-17)20(15)8-21(19)25-5-3-14(4-6-25)16-12-28-13-16/h7-11,14,16-17H,1-6,12-13H2. The fourth-order valence-electron chi connectivity index (χ4n) is 4.60. The van der Waals surface area contributed by atoms with Gasteiger partial charge in [0.25, 0.3) is 0 Å². The first kappa shape index (κ1) is 16.9. The molecule has 0 unspecified atom stereocenters. The summed E-state index contributed by atoms with van der Waals surface area (Å²) >= 11 is 6.67. The summed E-state index contributed by atoms with van der Waals surface area (Å²) in [6, 6.07) is 4.82. The van der Waals surface area contributed by atoms with E-state index in [0.29, 0.717) is 6.04 Å². The zero-order valence-electron chi connectivity index (χ0n) is 15.8. The van der Waals surface area contributed by atoms with Crippen LogP contribution in [0, 0.1) is 11.8 Å². The predicted molar refractivity (Wildman–Crippen MR) is 109 cm³/mol. The van der Waals surface area contributed by atoms with Crippen molar-refractivity contribution >= 4 is 28.2 Å². The molecule has 6 rings (SSSR count). The first-order chi connectivity index (χ1) is 13.8. The predicted octanol–water partition coefficient (Wildman–Crippen LogP) is 4.07. The molecule has 2 saturated heterocycles. The SMILES string of the molecule is Clc1cc2cnn(-c3cnn(C4CC4)c3)c2cc1N1CCC(C2COC2)CC1. The van der Waals surface area contributed by atoms with Gasteiger partial charge >= 0.3 is 0 Å². The Morgan fingerprint density at radius 2 is 1.79 bits per heavy atom. The molecule has 1 saturated carbocycles. The Bertz CT molecular complexity index is 1010. The Morgan fingerprint density at radius 3 is 2.50 bits per heavy atom. The van der Waals surface area contributed by atoms with Crippen molar-refractivity contribution in [3.63, 3.8) is 0 Å². The van der Waals surface area contributed by atoms with Crippen LogP contribution >= 0.6 is 11.6 Å². The molecule has 3 fully saturated rings. The molecule has 3 aromatic rings. The van der Waals surface area contributed by atoms with Crippen LogP contribution in [0.5, 0.6) is 0 Å². The minimum atomic E-state index is 0.572. The molecule has 7 heteroatoms. The molecular formula is C21H24ClN5O. The van der Waals surface area contributed by atoms with E-state index in [0.717, 1.165) is 65.4 Å². The third-order valence-electron chi connectivity index (χ3n) is 6.60. The van der Waals surface area contributed by atoms with Gasteiger partial charge < -0.3 is 9.64 Å². The van der Waals surface area contributed by atoms with Crippen molar-refractivity contribution in [1.29, 1.82) is 0 Å². The van der Waals surface area contributed by atoms with Crippen LogP contribution in [-0.2, 0) is 4.74 Å². The van der Waals surface area contributed by atoms with Gasteiger partial charge in [-0.2, -0.15) is 10.2 Å². The fourth-order valence-corrected chi connectivity index (χ4v) is 4.89. The number of benzene rings is 1. The lowest BCUT2D eigenvalue weighted by atomic mass is 9.83. The summed E-state index contributed by atoms with van der Waals surface area (Å²) in [4.78, 5) is 2.43. The molecule has 0 radical (unpaired) electrons. The van der Waals surface area contributed by atoms with Gasteiger partial charge in [-0.3, -0.25) is 4.68 Å². The van der Waals surface area contributed by atoms with E-state index in [1.807, 2.05) is 23.1 Å². The minimum Gasteiger partial charge on any atom is -0.381 e. The first-order valence-corrected chi connectivity index (χ1v) is 10.7. The second-order valence-electron chi connectivity index (χ2n) is 8.45. The third-order valence-corrected chi connectivity index (χ3v) is 6.90. The lowest BCUT2D eigenvalue weighted by Crippen LogP contribution is -2.42. The molecule has 0 amide bonds. The van der Waals surface area contributed by atoms with E-state index in [9.17, 15) is 0 Å². The van der Waals surface area contributed by atoms with E-state index < -0.39 is 0 Å². The van der Waals surface area contributed by atoms with E-state index >= 15 is 0 Å². The van der Waals surface area contributed by atoms with Gasteiger partial charge in [0, 0.05) is 24.4 Å². The van der Waals surface area contributed by atoms with Gasteiger partial charge in [-0.05, 0) is 43.7 Å². The van der Waals surface area contributed by atoms with Crippen LogP contribution in [0.25, 0.3) is 16.6 Å². The van der Waals surface area contributed by atoms with Crippen molar-refractivity contribution < 1.29 is 4.74 Å². The smallest absolute Gasteiger partial charge is 0.103 e. The van der Waals surface area contributed by atoms with Crippen molar-refractivity contribution in [2.75, 3.05) is 31.2 Å². The minimum absolute atomic E-state index is 0.572. The quantitative estimate of drug-likeness (QED) is 0.665. The zero-order valence-corrected chi connectivity index (χ0v) is 16.6. The fraction of sp³-hybridized carbons (Fsp3) is 0.524. The second kappa shape index (κ2) is 6.49. The highest BCUT2D eigenvalue weighted by Crippen LogP contribution is 2.37. The maximum Gasteiger partial charge on any atom is 0.103 e. The maximum atomic E-state index is 6.67. The first-order valence-electron chi connectivity index (χ1n) is 10.3. The number of nitrogens with zero attached hydrogens (tertiary/aromatic N) is 5. The maximum absolute atomic E-state index is 6.67. The van der Waals surface area contributed by atoms with Gasteiger partial charge in [-0.15, -0.1) is 0 Å². The zero-order chi connectivity index (χ0) is 18.7. The summed E-state index contributed by atoms with van der Waals surface area (Å²) in [5.74, 6) is 1.57. The Kier molecular flexibility index (Phi) is 3.91. The molecule has 1 aromatic carbocycles. The van der Waals surface area contributed by atoms with Crippen LogP contribution < -0.4 is 4.90 Å². The largest absolute Gasteiger partial charge is 0.381 e. The molecule has 0 spiro atoms. The molecule has 28 heavy (non-hydrogen) atoms. The third kappa shape index (κ3) is 2.81. The van der Waals surface area contributed by atoms with Crippen LogP contribution in [0.1, 0.15) is 31.7 Å². The molecule has 4 heterocycles. The number of aromatic nitrogens is 4. The van der Waals surface area contributed by atoms with Crippen molar-refractivity contribution in [3.8, 4) is 5.69 Å². The van der Waals surface area contributed by atoms with E-state index in [-0.39, 0.29) is 0 Å². The normalized spacial score (nSPS) is 21.4. The van der Waals surface area contributed by atoms with Gasteiger partial charge in [0.2, 0.25) is 0 Å². The molecule has 0 atom stereocenters. The van der Waals surface area contributed by atoms with Crippen molar-refractivity contribution in [2.24, 2.45) is 11.8 Å². The number of hydrogen-bond acceptors (Lipinski definition) is 4. The van der Waals surface area contributed by atoms with Crippen LogP contribution in [0.3, 0.4) is 0 Å². The van der Waals surface area contributed by atoms with Crippen molar-refractivity contribution in [1.82, 2.24) is 19.6 Å². The molecular weight excluding hydrogens is 374 g/mol. The van der Waals surface area contributed by atoms with E-state index in [4.69, 9.17) is 16.3 Å². The molecule has 1 aliphatic carbocycles. The lowest BCUT2D eigenvalue weighted by molar-refractivity contribution is -0.0650. The van der Waals surface area contributed by atoms with Crippen molar-refractivity contribution in [3.05, 3.63) is 35.7 Å². The number of hydrogen-bond donors (Lipinski definition) is 0. The number of rotatable bonds is 4. The van der Waals surface area contributed by atoms with Gasteiger partial charge in [-0.1, -0.05) is 11.6 Å². The summed E-state index contributed by atoms with van der Waals surface area (Å²) in [7, 11) is 0. The number of ether oxygens (including phenoxy) is 1. The molecule has 3 aliphatic rings. The number of halogens is 1.